The molecule has 4 nitrogen and oxygen atoms in total. The van der Waals surface area contributed by atoms with Gasteiger partial charge in [-0.3, -0.25) is 4.79 Å². The molecule has 2 aromatic rings. The Labute approximate surface area is 168 Å². The minimum atomic E-state index is -0.249. The molecule has 142 valence electrons. The molecule has 1 fully saturated rings. The SMILES string of the molecule is CC1(C)[C@@H](C=C(Cl)Cl)[C@@H]1C(=O)OCc1cccc(Oc2ccc(N)cc2)c1. The van der Waals surface area contributed by atoms with Crippen molar-refractivity contribution in [3.63, 3.8) is 0 Å². The first-order valence-electron chi connectivity index (χ1n) is 8.59. The smallest absolute Gasteiger partial charge is 0.310 e. The number of benzene rings is 2. The van der Waals surface area contributed by atoms with Crippen LogP contribution in [0.5, 0.6) is 11.5 Å². The van der Waals surface area contributed by atoms with Gasteiger partial charge in [-0.25, -0.2) is 0 Å². The van der Waals surface area contributed by atoms with Crippen LogP contribution >= 0.6 is 23.2 Å². The third kappa shape index (κ3) is 4.76. The maximum absolute atomic E-state index is 12.4. The van der Waals surface area contributed by atoms with Gasteiger partial charge in [-0.05, 0) is 59.4 Å². The van der Waals surface area contributed by atoms with Gasteiger partial charge in [-0.2, -0.15) is 0 Å². The molecule has 6 heteroatoms. The van der Waals surface area contributed by atoms with Gasteiger partial charge >= 0.3 is 5.97 Å². The number of carbonyl (C=O) groups is 1. The molecule has 0 amide bonds. The van der Waals surface area contributed by atoms with Gasteiger partial charge in [-0.15, -0.1) is 0 Å². The highest BCUT2D eigenvalue weighted by atomic mass is 35.5. The highest BCUT2D eigenvalue weighted by Gasteiger charge is 2.61. The van der Waals surface area contributed by atoms with E-state index in [4.69, 9.17) is 38.4 Å². The molecule has 27 heavy (non-hydrogen) atoms. The summed E-state index contributed by atoms with van der Waals surface area (Å²) in [6.45, 7) is 4.17. The highest BCUT2D eigenvalue weighted by Crippen LogP contribution is 2.60. The Balaban J connectivity index is 1.59. The molecule has 0 spiro atoms. The highest BCUT2D eigenvalue weighted by molar-refractivity contribution is 6.55. The van der Waals surface area contributed by atoms with Crippen LogP contribution in [0.15, 0.2) is 59.1 Å². The fourth-order valence-corrected chi connectivity index (χ4v) is 3.46. The van der Waals surface area contributed by atoms with E-state index >= 15 is 0 Å². The number of hydrogen-bond donors (Lipinski definition) is 1. The summed E-state index contributed by atoms with van der Waals surface area (Å²) in [5.41, 5.74) is 6.99. The molecule has 0 bridgehead atoms. The molecular formula is C21H21Cl2NO3. The molecule has 0 unspecified atom stereocenters. The van der Waals surface area contributed by atoms with Crippen molar-refractivity contribution >= 4 is 34.9 Å². The van der Waals surface area contributed by atoms with E-state index < -0.39 is 0 Å². The summed E-state index contributed by atoms with van der Waals surface area (Å²) in [5, 5.41) is 0. The topological polar surface area (TPSA) is 61.5 Å². The molecule has 1 aliphatic rings. The minimum absolute atomic E-state index is 0.00446. The molecule has 0 aliphatic heterocycles. The Morgan fingerprint density at radius 2 is 1.85 bits per heavy atom. The predicted molar refractivity (Wildman–Crippen MR) is 108 cm³/mol. The lowest BCUT2D eigenvalue weighted by molar-refractivity contribution is -0.147. The summed E-state index contributed by atoms with van der Waals surface area (Å²) in [5.74, 6) is 0.857. The number of nitrogen functional groups attached to an aromatic ring is 1. The first-order valence-corrected chi connectivity index (χ1v) is 9.35. The summed E-state index contributed by atoms with van der Waals surface area (Å²) in [6, 6.07) is 14.6. The van der Waals surface area contributed by atoms with Crippen LogP contribution < -0.4 is 10.5 Å². The number of carbonyl (C=O) groups excluding carboxylic acids is 1. The molecule has 0 aromatic heterocycles. The maximum atomic E-state index is 12.4. The number of allylic oxidation sites excluding steroid dienone is 1. The van der Waals surface area contributed by atoms with Crippen LogP contribution in [0.2, 0.25) is 0 Å². The Kier molecular flexibility index (Phi) is 5.68. The largest absolute Gasteiger partial charge is 0.461 e. The summed E-state index contributed by atoms with van der Waals surface area (Å²) < 4.78 is 11.5. The van der Waals surface area contributed by atoms with Gasteiger partial charge in [-0.1, -0.05) is 49.2 Å². The standard InChI is InChI=1S/C21H21Cl2NO3/c1-21(2)17(11-18(22)23)19(21)20(25)26-12-13-4-3-5-16(10-13)27-15-8-6-14(24)7-9-15/h3-11,17,19H,12,24H2,1-2H3/t17-,19+/m0/s1. The zero-order valence-electron chi connectivity index (χ0n) is 15.1. The average Bonchev–Trinajstić information content (AvgIpc) is 3.14. The fraction of sp³-hybridized carbons (Fsp3) is 0.286. The van der Waals surface area contributed by atoms with E-state index in [2.05, 4.69) is 0 Å². The molecule has 3 rings (SSSR count). The Morgan fingerprint density at radius 1 is 1.15 bits per heavy atom. The minimum Gasteiger partial charge on any atom is -0.461 e. The molecule has 0 heterocycles. The first kappa shape index (κ1) is 19.6. The van der Waals surface area contributed by atoms with E-state index in [1.807, 2.05) is 38.1 Å². The van der Waals surface area contributed by atoms with E-state index in [0.717, 1.165) is 5.56 Å². The summed E-state index contributed by atoms with van der Waals surface area (Å²) in [4.78, 5) is 12.4. The summed E-state index contributed by atoms with van der Waals surface area (Å²) in [7, 11) is 0. The molecule has 1 aliphatic carbocycles. The quantitative estimate of drug-likeness (QED) is 0.494. The van der Waals surface area contributed by atoms with Crippen molar-refractivity contribution in [1.82, 2.24) is 0 Å². The second-order valence-electron chi connectivity index (χ2n) is 7.21. The van der Waals surface area contributed by atoms with Crippen LogP contribution in [0.3, 0.4) is 0 Å². The molecule has 2 N–H and O–H groups in total. The predicted octanol–water partition coefficient (Wildman–Crippen LogP) is 5.70. The van der Waals surface area contributed by atoms with E-state index in [1.54, 1.807) is 30.3 Å². The van der Waals surface area contributed by atoms with E-state index in [1.165, 1.54) is 0 Å². The van der Waals surface area contributed by atoms with E-state index in [9.17, 15) is 4.79 Å². The average molecular weight is 406 g/mol. The zero-order chi connectivity index (χ0) is 19.6. The van der Waals surface area contributed by atoms with Crippen molar-refractivity contribution in [2.24, 2.45) is 17.3 Å². The molecule has 2 atom stereocenters. The number of halogens is 2. The van der Waals surface area contributed by atoms with Crippen molar-refractivity contribution in [3.8, 4) is 11.5 Å². The van der Waals surface area contributed by atoms with Gasteiger partial charge in [0.1, 0.15) is 22.6 Å². The number of anilines is 1. The van der Waals surface area contributed by atoms with Gasteiger partial charge in [0.2, 0.25) is 0 Å². The maximum Gasteiger partial charge on any atom is 0.310 e. The van der Waals surface area contributed by atoms with Gasteiger partial charge in [0, 0.05) is 5.69 Å². The lowest BCUT2D eigenvalue weighted by Crippen LogP contribution is -2.10. The van der Waals surface area contributed by atoms with E-state index in [-0.39, 0.29) is 34.3 Å². The monoisotopic (exact) mass is 405 g/mol. The zero-order valence-corrected chi connectivity index (χ0v) is 16.6. The van der Waals surface area contributed by atoms with Gasteiger partial charge in [0.25, 0.3) is 0 Å². The van der Waals surface area contributed by atoms with Crippen molar-refractivity contribution in [3.05, 3.63) is 64.7 Å². The summed E-state index contributed by atoms with van der Waals surface area (Å²) in [6.07, 6.45) is 1.70. The number of hydrogen-bond acceptors (Lipinski definition) is 4. The second kappa shape index (κ2) is 7.83. The van der Waals surface area contributed by atoms with Crippen molar-refractivity contribution in [1.29, 1.82) is 0 Å². The molecule has 0 saturated heterocycles. The van der Waals surface area contributed by atoms with Crippen LogP contribution in [0.1, 0.15) is 19.4 Å². The molecular weight excluding hydrogens is 385 g/mol. The van der Waals surface area contributed by atoms with Crippen molar-refractivity contribution in [2.75, 3.05) is 5.73 Å². The number of esters is 1. The van der Waals surface area contributed by atoms with Crippen LogP contribution in [-0.4, -0.2) is 5.97 Å². The van der Waals surface area contributed by atoms with Crippen molar-refractivity contribution < 1.29 is 14.3 Å². The number of nitrogens with two attached hydrogens (primary N) is 1. The Hall–Kier alpha value is -2.17. The second-order valence-corrected chi connectivity index (χ2v) is 8.22. The molecule has 2 aromatic carbocycles. The van der Waals surface area contributed by atoms with Crippen LogP contribution in [0.25, 0.3) is 0 Å². The number of rotatable bonds is 6. The van der Waals surface area contributed by atoms with Crippen molar-refractivity contribution in [2.45, 2.75) is 20.5 Å². The third-order valence-electron chi connectivity index (χ3n) is 4.87. The lowest BCUT2D eigenvalue weighted by atomic mass is 10.1. The lowest BCUT2D eigenvalue weighted by Gasteiger charge is -2.09. The third-order valence-corrected chi connectivity index (χ3v) is 5.12. The summed E-state index contributed by atoms with van der Waals surface area (Å²) >= 11 is 11.5. The Bertz CT molecular complexity index is 858. The molecule has 0 radical (unpaired) electrons. The van der Waals surface area contributed by atoms with Crippen LogP contribution in [-0.2, 0) is 16.1 Å². The van der Waals surface area contributed by atoms with E-state index in [0.29, 0.717) is 17.2 Å². The first-order chi connectivity index (χ1) is 12.8. The molecule has 1 saturated carbocycles. The van der Waals surface area contributed by atoms with Gasteiger partial charge in [0.05, 0.1) is 5.92 Å². The Morgan fingerprint density at radius 3 is 2.52 bits per heavy atom. The van der Waals surface area contributed by atoms with Gasteiger partial charge < -0.3 is 15.2 Å². The number of ether oxygens (including phenoxy) is 2. The van der Waals surface area contributed by atoms with Crippen LogP contribution in [0, 0.1) is 17.3 Å². The normalized spacial score (nSPS) is 19.9. The van der Waals surface area contributed by atoms with Gasteiger partial charge in [0.15, 0.2) is 0 Å². The van der Waals surface area contributed by atoms with Crippen LogP contribution in [0.4, 0.5) is 5.69 Å². The fourth-order valence-electron chi connectivity index (χ4n) is 3.19.